The SMILES string of the molecule is Fc1ccc(-c2ccc(-c3ccc4ccc(-c5ccc(-c6cccc7c6oc6ncccc67)cc5)cc4c3)cc2)cc1. The maximum atomic E-state index is 13.3. The number of fused-ring (bicyclic) bond motifs is 4. The first-order valence-electron chi connectivity index (χ1n) is 14.0. The molecule has 0 bridgehead atoms. The second-order valence-electron chi connectivity index (χ2n) is 10.6. The summed E-state index contributed by atoms with van der Waals surface area (Å²) in [6.07, 6.45) is 1.76. The van der Waals surface area contributed by atoms with Crippen molar-refractivity contribution in [1.29, 1.82) is 0 Å². The van der Waals surface area contributed by atoms with E-state index in [1.54, 1.807) is 6.20 Å². The number of rotatable bonds is 4. The normalized spacial score (nSPS) is 11.5. The number of nitrogens with zero attached hydrogens (tertiary/aromatic N) is 1. The zero-order chi connectivity index (χ0) is 28.0. The molecule has 8 aromatic rings. The Morgan fingerprint density at radius 3 is 1.62 bits per heavy atom. The minimum Gasteiger partial charge on any atom is -0.437 e. The smallest absolute Gasteiger partial charge is 0.227 e. The second kappa shape index (κ2) is 9.83. The fraction of sp³-hybridized carbons (Fsp3) is 0. The molecular weight excluding hydrogens is 517 g/mol. The van der Waals surface area contributed by atoms with Crippen LogP contribution in [0.3, 0.4) is 0 Å². The molecule has 2 heterocycles. The van der Waals surface area contributed by atoms with Gasteiger partial charge in [-0.2, -0.15) is 0 Å². The fourth-order valence-corrected chi connectivity index (χ4v) is 5.81. The van der Waals surface area contributed by atoms with Crippen LogP contribution in [0.15, 0.2) is 150 Å². The molecule has 2 aromatic heterocycles. The van der Waals surface area contributed by atoms with Crippen LogP contribution in [0.1, 0.15) is 0 Å². The Kier molecular flexibility index (Phi) is 5.68. The third-order valence-corrected chi connectivity index (χ3v) is 8.04. The average Bonchev–Trinajstić information content (AvgIpc) is 3.44. The van der Waals surface area contributed by atoms with Gasteiger partial charge >= 0.3 is 0 Å². The summed E-state index contributed by atoms with van der Waals surface area (Å²) >= 11 is 0. The molecule has 42 heavy (non-hydrogen) atoms. The van der Waals surface area contributed by atoms with Crippen LogP contribution in [0, 0.1) is 5.82 Å². The van der Waals surface area contributed by atoms with Crippen LogP contribution >= 0.6 is 0 Å². The molecule has 0 amide bonds. The lowest BCUT2D eigenvalue weighted by atomic mass is 9.95. The topological polar surface area (TPSA) is 26.0 Å². The Balaban J connectivity index is 1.10. The van der Waals surface area contributed by atoms with E-state index in [0.29, 0.717) is 5.71 Å². The molecule has 0 atom stereocenters. The maximum Gasteiger partial charge on any atom is 0.227 e. The molecule has 0 radical (unpaired) electrons. The van der Waals surface area contributed by atoms with E-state index < -0.39 is 0 Å². The summed E-state index contributed by atoms with van der Waals surface area (Å²) in [5.74, 6) is -0.222. The molecule has 8 rings (SSSR count). The van der Waals surface area contributed by atoms with Gasteiger partial charge in [0, 0.05) is 22.5 Å². The molecule has 2 nitrogen and oxygen atoms in total. The van der Waals surface area contributed by atoms with E-state index in [2.05, 4.69) is 114 Å². The van der Waals surface area contributed by atoms with Crippen molar-refractivity contribution in [3.8, 4) is 44.5 Å². The lowest BCUT2D eigenvalue weighted by Gasteiger charge is -2.09. The Morgan fingerprint density at radius 2 is 0.976 bits per heavy atom. The van der Waals surface area contributed by atoms with E-state index in [1.165, 1.54) is 28.5 Å². The number of benzene rings is 6. The molecule has 0 aliphatic heterocycles. The van der Waals surface area contributed by atoms with Crippen molar-refractivity contribution in [3.05, 3.63) is 152 Å². The van der Waals surface area contributed by atoms with Crippen LogP contribution in [0.5, 0.6) is 0 Å². The molecule has 0 aliphatic rings. The van der Waals surface area contributed by atoms with E-state index in [9.17, 15) is 4.39 Å². The minimum absolute atomic E-state index is 0.222. The second-order valence-corrected chi connectivity index (χ2v) is 10.6. The van der Waals surface area contributed by atoms with Gasteiger partial charge in [0.05, 0.1) is 0 Å². The Morgan fingerprint density at radius 1 is 0.452 bits per heavy atom. The number of pyridine rings is 1. The zero-order valence-corrected chi connectivity index (χ0v) is 22.6. The van der Waals surface area contributed by atoms with Crippen LogP contribution in [0.2, 0.25) is 0 Å². The molecule has 0 aliphatic carbocycles. The van der Waals surface area contributed by atoms with Gasteiger partial charge in [-0.1, -0.05) is 103 Å². The summed E-state index contributed by atoms with van der Waals surface area (Å²) in [5, 5.41) is 4.50. The fourth-order valence-electron chi connectivity index (χ4n) is 5.81. The number of hydrogen-bond donors (Lipinski definition) is 0. The summed E-state index contributed by atoms with van der Waals surface area (Å²) in [4.78, 5) is 4.40. The van der Waals surface area contributed by atoms with Gasteiger partial charge in [0.2, 0.25) is 5.71 Å². The highest BCUT2D eigenvalue weighted by molar-refractivity contribution is 6.08. The lowest BCUT2D eigenvalue weighted by Crippen LogP contribution is -1.84. The van der Waals surface area contributed by atoms with Crippen molar-refractivity contribution >= 4 is 32.8 Å². The van der Waals surface area contributed by atoms with Gasteiger partial charge in [-0.15, -0.1) is 0 Å². The molecule has 0 unspecified atom stereocenters. The number of halogens is 1. The molecule has 0 fully saturated rings. The van der Waals surface area contributed by atoms with Crippen LogP contribution in [-0.2, 0) is 0 Å². The van der Waals surface area contributed by atoms with E-state index in [0.717, 1.165) is 55.3 Å². The zero-order valence-electron chi connectivity index (χ0n) is 22.6. The van der Waals surface area contributed by atoms with Crippen molar-refractivity contribution in [2.75, 3.05) is 0 Å². The van der Waals surface area contributed by atoms with Gasteiger partial charge in [0.15, 0.2) is 0 Å². The third-order valence-electron chi connectivity index (χ3n) is 8.04. The predicted octanol–water partition coefficient (Wildman–Crippen LogP) is 10.9. The van der Waals surface area contributed by atoms with Crippen LogP contribution in [-0.4, -0.2) is 4.98 Å². The van der Waals surface area contributed by atoms with Crippen molar-refractivity contribution < 1.29 is 8.81 Å². The monoisotopic (exact) mass is 541 g/mol. The average molecular weight is 542 g/mol. The van der Waals surface area contributed by atoms with E-state index in [1.807, 2.05) is 18.2 Å². The summed E-state index contributed by atoms with van der Waals surface area (Å²) in [6, 6.07) is 47.2. The highest BCUT2D eigenvalue weighted by Gasteiger charge is 2.13. The van der Waals surface area contributed by atoms with Crippen molar-refractivity contribution in [2.24, 2.45) is 0 Å². The Labute approximate surface area is 242 Å². The first-order chi connectivity index (χ1) is 20.7. The number of hydrogen-bond acceptors (Lipinski definition) is 2. The molecule has 0 spiro atoms. The first-order valence-corrected chi connectivity index (χ1v) is 14.0. The van der Waals surface area contributed by atoms with Gasteiger partial charge in [-0.3, -0.25) is 0 Å². The quantitative estimate of drug-likeness (QED) is 0.221. The predicted molar refractivity (Wildman–Crippen MR) is 171 cm³/mol. The van der Waals surface area contributed by atoms with Crippen molar-refractivity contribution in [3.63, 3.8) is 0 Å². The van der Waals surface area contributed by atoms with Gasteiger partial charge in [0.25, 0.3) is 0 Å². The first kappa shape index (κ1) is 24.3. The molecule has 6 aromatic carbocycles. The van der Waals surface area contributed by atoms with Gasteiger partial charge in [0.1, 0.15) is 11.4 Å². The van der Waals surface area contributed by atoms with E-state index in [4.69, 9.17) is 4.42 Å². The molecule has 0 N–H and O–H groups in total. The Hall–Kier alpha value is -5.54. The number of aromatic nitrogens is 1. The van der Waals surface area contributed by atoms with Crippen molar-refractivity contribution in [2.45, 2.75) is 0 Å². The standard InChI is InChI=1S/C39H24FNO/c40-34-20-18-26(19-21-34)25-6-8-27(9-7-25)31-16-12-29-13-17-32(24-33(29)23-31)28-10-14-30(15-11-28)35-3-1-4-36-37-5-2-22-41-39(37)42-38(35)36/h1-24H. The molecular formula is C39H24FNO. The summed E-state index contributed by atoms with van der Waals surface area (Å²) in [6.45, 7) is 0. The maximum absolute atomic E-state index is 13.3. The molecule has 3 heteroatoms. The van der Waals surface area contributed by atoms with Gasteiger partial charge < -0.3 is 4.42 Å². The van der Waals surface area contributed by atoms with Crippen molar-refractivity contribution in [1.82, 2.24) is 4.98 Å². The van der Waals surface area contributed by atoms with Crippen LogP contribution < -0.4 is 0 Å². The highest BCUT2D eigenvalue weighted by Crippen LogP contribution is 2.36. The lowest BCUT2D eigenvalue weighted by molar-refractivity contribution is 0.628. The summed E-state index contributed by atoms with van der Waals surface area (Å²) in [5.41, 5.74) is 10.4. The number of furan rings is 1. The van der Waals surface area contributed by atoms with E-state index >= 15 is 0 Å². The van der Waals surface area contributed by atoms with Crippen LogP contribution in [0.25, 0.3) is 77.3 Å². The summed E-state index contributed by atoms with van der Waals surface area (Å²) < 4.78 is 19.5. The molecule has 198 valence electrons. The Bertz CT molecular complexity index is 2230. The highest BCUT2D eigenvalue weighted by atomic mass is 19.1. The van der Waals surface area contributed by atoms with Crippen LogP contribution in [0.4, 0.5) is 4.39 Å². The largest absolute Gasteiger partial charge is 0.437 e. The third kappa shape index (κ3) is 4.23. The minimum atomic E-state index is -0.222. The molecule has 0 saturated carbocycles. The number of para-hydroxylation sites is 1. The van der Waals surface area contributed by atoms with Gasteiger partial charge in [-0.25, -0.2) is 9.37 Å². The molecule has 0 saturated heterocycles. The van der Waals surface area contributed by atoms with Gasteiger partial charge in [-0.05, 0) is 86.1 Å². The van der Waals surface area contributed by atoms with E-state index in [-0.39, 0.29) is 5.82 Å². The summed E-state index contributed by atoms with van der Waals surface area (Å²) in [7, 11) is 0.